The second kappa shape index (κ2) is 8.39. The lowest BCUT2D eigenvalue weighted by atomic mass is 10.1. The topological polar surface area (TPSA) is 73.9 Å². The Morgan fingerprint density at radius 2 is 1.79 bits per heavy atom. The molecule has 8 heteroatoms. The molecule has 0 N–H and O–H groups in total. The Labute approximate surface area is 197 Å². The summed E-state index contributed by atoms with van der Waals surface area (Å²) in [6, 6.07) is 18.3. The van der Waals surface area contributed by atoms with Crippen LogP contribution in [0.3, 0.4) is 0 Å². The van der Waals surface area contributed by atoms with E-state index < -0.39 is 0 Å². The molecule has 5 heterocycles. The number of morpholine rings is 1. The van der Waals surface area contributed by atoms with Gasteiger partial charge in [0, 0.05) is 44.2 Å². The number of ether oxygens (including phenoxy) is 1. The van der Waals surface area contributed by atoms with Crippen molar-refractivity contribution in [3.05, 3.63) is 72.6 Å². The van der Waals surface area contributed by atoms with Gasteiger partial charge in [-0.25, -0.2) is 14.6 Å². The Bertz CT molecular complexity index is 1470. The minimum Gasteiger partial charge on any atom is -0.378 e. The van der Waals surface area contributed by atoms with E-state index in [0.717, 1.165) is 58.5 Å². The van der Waals surface area contributed by atoms with Crippen LogP contribution in [0.25, 0.3) is 39.8 Å². The Morgan fingerprint density at radius 3 is 2.59 bits per heavy atom. The van der Waals surface area contributed by atoms with Crippen molar-refractivity contribution in [3.8, 4) is 28.6 Å². The molecule has 6 rings (SSSR count). The highest BCUT2D eigenvalue weighted by atomic mass is 16.5. The van der Waals surface area contributed by atoms with Crippen LogP contribution in [-0.4, -0.2) is 55.6 Å². The molecule has 0 radical (unpaired) electrons. The smallest absolute Gasteiger partial charge is 0.164 e. The Kier molecular flexibility index (Phi) is 5.07. The summed E-state index contributed by atoms with van der Waals surface area (Å²) in [5, 5.41) is 4.85. The van der Waals surface area contributed by atoms with E-state index in [-0.39, 0.29) is 0 Å². The van der Waals surface area contributed by atoms with Gasteiger partial charge in [-0.15, -0.1) is 0 Å². The van der Waals surface area contributed by atoms with Crippen LogP contribution in [0, 0.1) is 6.92 Å². The number of benzene rings is 1. The predicted octanol–water partition coefficient (Wildman–Crippen LogP) is 4.03. The van der Waals surface area contributed by atoms with E-state index >= 15 is 0 Å². The summed E-state index contributed by atoms with van der Waals surface area (Å²) in [4.78, 5) is 16.8. The highest BCUT2D eigenvalue weighted by molar-refractivity contribution is 5.90. The SMILES string of the molecule is Cc1cccc(-c2ccn(-c3cc(N4CCOCC4)c4nc(-c5ccccn5)n(C)c4n3)n2)c1. The number of pyridine rings is 2. The van der Waals surface area contributed by atoms with Crippen LogP contribution in [0.15, 0.2) is 67.0 Å². The fourth-order valence-electron chi connectivity index (χ4n) is 4.42. The summed E-state index contributed by atoms with van der Waals surface area (Å²) >= 11 is 0. The van der Waals surface area contributed by atoms with E-state index in [4.69, 9.17) is 19.8 Å². The third-order valence-electron chi connectivity index (χ3n) is 6.18. The number of hydrogen-bond donors (Lipinski definition) is 0. The number of aromatic nitrogens is 6. The van der Waals surface area contributed by atoms with Gasteiger partial charge in [-0.1, -0.05) is 29.8 Å². The Hall–Kier alpha value is -4.04. The molecule has 4 aromatic heterocycles. The molecule has 34 heavy (non-hydrogen) atoms. The molecular formula is C26H25N7O. The third-order valence-corrected chi connectivity index (χ3v) is 6.18. The summed E-state index contributed by atoms with van der Waals surface area (Å²) in [7, 11) is 1.99. The van der Waals surface area contributed by atoms with Crippen molar-refractivity contribution in [2.24, 2.45) is 7.05 Å². The number of nitrogens with zero attached hydrogens (tertiary/aromatic N) is 7. The first-order valence-electron chi connectivity index (χ1n) is 11.4. The highest BCUT2D eigenvalue weighted by Crippen LogP contribution is 2.31. The second-order valence-corrected chi connectivity index (χ2v) is 8.50. The van der Waals surface area contributed by atoms with Crippen molar-refractivity contribution in [2.45, 2.75) is 6.92 Å². The molecule has 1 aliphatic rings. The minimum atomic E-state index is 0.693. The van der Waals surface area contributed by atoms with Gasteiger partial charge in [-0.05, 0) is 31.2 Å². The van der Waals surface area contributed by atoms with Gasteiger partial charge in [0.1, 0.15) is 11.2 Å². The number of fused-ring (bicyclic) bond motifs is 1. The maximum atomic E-state index is 5.60. The van der Waals surface area contributed by atoms with Crippen LogP contribution >= 0.6 is 0 Å². The minimum absolute atomic E-state index is 0.693. The predicted molar refractivity (Wildman–Crippen MR) is 132 cm³/mol. The quantitative estimate of drug-likeness (QED) is 0.411. The molecular weight excluding hydrogens is 426 g/mol. The van der Waals surface area contributed by atoms with Crippen LogP contribution in [0.5, 0.6) is 0 Å². The molecule has 0 spiro atoms. The van der Waals surface area contributed by atoms with Crippen molar-refractivity contribution < 1.29 is 4.74 Å². The highest BCUT2D eigenvalue weighted by Gasteiger charge is 2.22. The van der Waals surface area contributed by atoms with Crippen molar-refractivity contribution >= 4 is 16.9 Å². The van der Waals surface area contributed by atoms with Crippen LogP contribution in [-0.2, 0) is 11.8 Å². The number of imidazole rings is 1. The largest absolute Gasteiger partial charge is 0.378 e. The molecule has 0 amide bonds. The van der Waals surface area contributed by atoms with E-state index in [2.05, 4.69) is 47.1 Å². The molecule has 1 aliphatic heterocycles. The average molecular weight is 452 g/mol. The fraction of sp³-hybridized carbons (Fsp3) is 0.231. The molecule has 170 valence electrons. The van der Waals surface area contributed by atoms with Gasteiger partial charge in [0.15, 0.2) is 17.3 Å². The molecule has 0 saturated carbocycles. The average Bonchev–Trinajstić information content (AvgIpc) is 3.50. The van der Waals surface area contributed by atoms with Crippen LogP contribution < -0.4 is 4.90 Å². The zero-order valence-electron chi connectivity index (χ0n) is 19.2. The summed E-state index contributed by atoms with van der Waals surface area (Å²) in [5.74, 6) is 1.54. The first-order chi connectivity index (χ1) is 16.7. The van der Waals surface area contributed by atoms with E-state index in [9.17, 15) is 0 Å². The van der Waals surface area contributed by atoms with Crippen molar-refractivity contribution in [1.29, 1.82) is 0 Å². The monoisotopic (exact) mass is 451 g/mol. The van der Waals surface area contributed by atoms with Gasteiger partial charge in [0.2, 0.25) is 0 Å². The molecule has 8 nitrogen and oxygen atoms in total. The van der Waals surface area contributed by atoms with Crippen molar-refractivity contribution in [3.63, 3.8) is 0 Å². The van der Waals surface area contributed by atoms with Crippen molar-refractivity contribution in [1.82, 2.24) is 29.3 Å². The lowest BCUT2D eigenvalue weighted by molar-refractivity contribution is 0.123. The summed E-state index contributed by atoms with van der Waals surface area (Å²) in [5.41, 5.74) is 6.72. The summed E-state index contributed by atoms with van der Waals surface area (Å²) in [6.07, 6.45) is 3.75. The van der Waals surface area contributed by atoms with Gasteiger partial charge in [0.25, 0.3) is 0 Å². The van der Waals surface area contributed by atoms with Gasteiger partial charge in [0.05, 0.1) is 24.6 Å². The maximum absolute atomic E-state index is 5.60. The van der Waals surface area contributed by atoms with E-state index in [1.807, 2.05) is 46.8 Å². The van der Waals surface area contributed by atoms with Gasteiger partial charge < -0.3 is 14.2 Å². The van der Waals surface area contributed by atoms with Crippen LogP contribution in [0.4, 0.5) is 5.69 Å². The summed E-state index contributed by atoms with van der Waals surface area (Å²) < 4.78 is 9.45. The zero-order valence-corrected chi connectivity index (χ0v) is 19.2. The van der Waals surface area contributed by atoms with Gasteiger partial charge in [-0.2, -0.15) is 5.10 Å². The van der Waals surface area contributed by atoms with E-state index in [1.54, 1.807) is 6.20 Å². The van der Waals surface area contributed by atoms with Crippen LogP contribution in [0.1, 0.15) is 5.56 Å². The third kappa shape index (κ3) is 3.62. The Balaban J connectivity index is 1.51. The summed E-state index contributed by atoms with van der Waals surface area (Å²) in [6.45, 7) is 5.09. The van der Waals surface area contributed by atoms with Gasteiger partial charge >= 0.3 is 0 Å². The van der Waals surface area contributed by atoms with Gasteiger partial charge in [-0.3, -0.25) is 4.98 Å². The van der Waals surface area contributed by atoms with Crippen LogP contribution in [0.2, 0.25) is 0 Å². The molecule has 1 saturated heterocycles. The first-order valence-corrected chi connectivity index (χ1v) is 11.4. The van der Waals surface area contributed by atoms with E-state index in [0.29, 0.717) is 13.2 Å². The molecule has 0 aliphatic carbocycles. The first kappa shape index (κ1) is 20.6. The molecule has 0 unspecified atom stereocenters. The normalized spacial score (nSPS) is 14.1. The number of rotatable bonds is 4. The number of hydrogen-bond acceptors (Lipinski definition) is 6. The molecule has 1 aromatic carbocycles. The molecule has 1 fully saturated rings. The zero-order chi connectivity index (χ0) is 23.1. The van der Waals surface area contributed by atoms with E-state index in [1.165, 1.54) is 5.56 Å². The second-order valence-electron chi connectivity index (χ2n) is 8.50. The fourth-order valence-corrected chi connectivity index (χ4v) is 4.42. The maximum Gasteiger partial charge on any atom is 0.164 e. The molecule has 0 atom stereocenters. The van der Waals surface area contributed by atoms with Crippen molar-refractivity contribution in [2.75, 3.05) is 31.2 Å². The molecule has 0 bridgehead atoms. The standard InChI is InChI=1S/C26H25N7O/c1-18-6-5-7-19(16-18)20-9-11-33(30-20)23-17-22(32-12-14-34-15-13-32)24-26(28-23)31(2)25(29-24)21-8-3-4-10-27-21/h3-11,16-17H,12-15H2,1-2H3. The lowest BCUT2D eigenvalue weighted by Gasteiger charge is -2.29. The lowest BCUT2D eigenvalue weighted by Crippen LogP contribution is -2.36. The molecule has 5 aromatic rings. The number of aryl methyl sites for hydroxylation is 2. The Morgan fingerprint density at radius 1 is 0.912 bits per heavy atom. The number of anilines is 1.